The minimum atomic E-state index is -0.210. The summed E-state index contributed by atoms with van der Waals surface area (Å²) in [7, 11) is 1.58. The summed E-state index contributed by atoms with van der Waals surface area (Å²) in [6, 6.07) is 9.09. The molecule has 2 aromatic rings. The largest absolute Gasteiger partial charge is 0.493 e. The summed E-state index contributed by atoms with van der Waals surface area (Å²) in [4.78, 5) is 26.5. The van der Waals surface area contributed by atoms with E-state index in [4.69, 9.17) is 4.74 Å². The summed E-state index contributed by atoms with van der Waals surface area (Å²) < 4.78 is 7.38. The Labute approximate surface area is 152 Å². The maximum absolute atomic E-state index is 13.0. The summed E-state index contributed by atoms with van der Waals surface area (Å²) in [5, 5.41) is 6.93. The van der Waals surface area contributed by atoms with Crippen molar-refractivity contribution >= 4 is 11.8 Å². The molecule has 0 aliphatic carbocycles. The molecule has 1 aliphatic heterocycles. The van der Waals surface area contributed by atoms with Gasteiger partial charge < -0.3 is 15.0 Å². The van der Waals surface area contributed by atoms with Gasteiger partial charge in [-0.2, -0.15) is 5.10 Å². The van der Waals surface area contributed by atoms with Gasteiger partial charge in [0, 0.05) is 26.3 Å². The molecule has 1 N–H and O–H groups in total. The van der Waals surface area contributed by atoms with Crippen LogP contribution >= 0.6 is 0 Å². The Balaban J connectivity index is 1.75. The molecule has 7 nitrogen and oxygen atoms in total. The average molecular weight is 356 g/mol. The Morgan fingerprint density at radius 1 is 1.31 bits per heavy atom. The van der Waals surface area contributed by atoms with Crippen LogP contribution in [0.5, 0.6) is 5.75 Å². The summed E-state index contributed by atoms with van der Waals surface area (Å²) in [5.41, 5.74) is 0.971. The molecule has 1 atom stereocenters. The van der Waals surface area contributed by atoms with Gasteiger partial charge in [-0.3, -0.25) is 14.3 Å². The number of carbonyl (C=O) groups is 2. The van der Waals surface area contributed by atoms with E-state index in [0.29, 0.717) is 36.7 Å². The SMILES string of the molecule is CCOc1ccccc1C(=O)N1CCC[C@H](n2ccc(C(=O)NC)n2)C1. The number of benzene rings is 1. The molecule has 138 valence electrons. The number of amides is 2. The molecular formula is C19H24N4O3. The molecule has 2 heterocycles. The third-order valence-corrected chi connectivity index (χ3v) is 4.54. The second-order valence-electron chi connectivity index (χ2n) is 6.24. The molecule has 3 rings (SSSR count). The summed E-state index contributed by atoms with van der Waals surface area (Å²) in [6.07, 6.45) is 3.62. The quantitative estimate of drug-likeness (QED) is 0.890. The first-order chi connectivity index (χ1) is 12.6. The monoisotopic (exact) mass is 356 g/mol. The Morgan fingerprint density at radius 3 is 2.88 bits per heavy atom. The molecule has 1 aliphatic rings. The lowest BCUT2D eigenvalue weighted by Gasteiger charge is -2.33. The summed E-state index contributed by atoms with van der Waals surface area (Å²) in [5.74, 6) is 0.374. The first-order valence-corrected chi connectivity index (χ1v) is 8.92. The lowest BCUT2D eigenvalue weighted by atomic mass is 10.0. The molecule has 0 radical (unpaired) electrons. The van der Waals surface area contributed by atoms with E-state index in [9.17, 15) is 9.59 Å². The summed E-state index contributed by atoms with van der Waals surface area (Å²) >= 11 is 0. The Hall–Kier alpha value is -2.83. The average Bonchev–Trinajstić information content (AvgIpc) is 3.18. The van der Waals surface area contributed by atoms with E-state index in [0.717, 1.165) is 12.8 Å². The van der Waals surface area contributed by atoms with Crippen LogP contribution in [0.15, 0.2) is 36.5 Å². The van der Waals surface area contributed by atoms with Gasteiger partial charge in [0.1, 0.15) is 11.4 Å². The lowest BCUT2D eigenvalue weighted by Crippen LogP contribution is -2.41. The van der Waals surface area contributed by atoms with E-state index >= 15 is 0 Å². The maximum Gasteiger partial charge on any atom is 0.271 e. The van der Waals surface area contributed by atoms with Gasteiger partial charge in [0.25, 0.3) is 11.8 Å². The van der Waals surface area contributed by atoms with E-state index in [1.165, 1.54) is 0 Å². The van der Waals surface area contributed by atoms with E-state index < -0.39 is 0 Å². The number of piperidine rings is 1. The number of hydrogen-bond acceptors (Lipinski definition) is 4. The van der Waals surface area contributed by atoms with Gasteiger partial charge in [-0.15, -0.1) is 0 Å². The molecule has 0 spiro atoms. The molecule has 2 amide bonds. The van der Waals surface area contributed by atoms with Crippen LogP contribution in [-0.2, 0) is 0 Å². The number of hydrogen-bond donors (Lipinski definition) is 1. The highest BCUT2D eigenvalue weighted by atomic mass is 16.5. The number of nitrogens with zero attached hydrogens (tertiary/aromatic N) is 3. The number of nitrogens with one attached hydrogen (secondary N) is 1. The predicted molar refractivity (Wildman–Crippen MR) is 97.4 cm³/mol. The smallest absolute Gasteiger partial charge is 0.271 e. The molecule has 1 saturated heterocycles. The molecule has 7 heteroatoms. The van der Waals surface area contributed by atoms with Crippen LogP contribution in [0.4, 0.5) is 0 Å². The van der Waals surface area contributed by atoms with Crippen molar-refractivity contribution in [2.75, 3.05) is 26.7 Å². The van der Waals surface area contributed by atoms with Gasteiger partial charge in [-0.1, -0.05) is 12.1 Å². The Bertz CT molecular complexity index is 787. The molecule has 1 aromatic heterocycles. The van der Waals surface area contributed by atoms with Crippen molar-refractivity contribution in [3.63, 3.8) is 0 Å². The van der Waals surface area contributed by atoms with E-state index in [1.54, 1.807) is 30.1 Å². The maximum atomic E-state index is 13.0. The van der Waals surface area contributed by atoms with Gasteiger partial charge in [-0.25, -0.2) is 0 Å². The Kier molecular flexibility index (Phi) is 5.55. The fourth-order valence-electron chi connectivity index (χ4n) is 3.24. The fraction of sp³-hybridized carbons (Fsp3) is 0.421. The van der Waals surface area contributed by atoms with E-state index in [-0.39, 0.29) is 17.9 Å². The fourth-order valence-corrected chi connectivity index (χ4v) is 3.24. The molecule has 1 aromatic carbocycles. The van der Waals surface area contributed by atoms with Gasteiger partial charge in [0.15, 0.2) is 0 Å². The third-order valence-electron chi connectivity index (χ3n) is 4.54. The molecule has 26 heavy (non-hydrogen) atoms. The topological polar surface area (TPSA) is 76.5 Å². The highest BCUT2D eigenvalue weighted by Crippen LogP contribution is 2.25. The number of rotatable bonds is 5. The normalized spacial score (nSPS) is 17.0. The molecule has 0 unspecified atom stereocenters. The van der Waals surface area contributed by atoms with Gasteiger partial charge in [0.05, 0.1) is 18.2 Å². The molecular weight excluding hydrogens is 332 g/mol. The lowest BCUT2D eigenvalue weighted by molar-refractivity contribution is 0.0667. The number of likely N-dealkylation sites (tertiary alicyclic amines) is 1. The first kappa shape index (κ1) is 18.0. The zero-order chi connectivity index (χ0) is 18.5. The highest BCUT2D eigenvalue weighted by Gasteiger charge is 2.27. The van der Waals surface area contributed by atoms with Crippen LogP contribution in [0.3, 0.4) is 0 Å². The van der Waals surface area contributed by atoms with Crippen molar-refractivity contribution < 1.29 is 14.3 Å². The second kappa shape index (κ2) is 8.03. The van der Waals surface area contributed by atoms with Gasteiger partial charge in [-0.05, 0) is 38.0 Å². The van der Waals surface area contributed by atoms with Crippen molar-refractivity contribution in [1.29, 1.82) is 0 Å². The second-order valence-corrected chi connectivity index (χ2v) is 6.24. The Morgan fingerprint density at radius 2 is 2.12 bits per heavy atom. The number of ether oxygens (including phenoxy) is 1. The van der Waals surface area contributed by atoms with Crippen LogP contribution in [0.25, 0.3) is 0 Å². The van der Waals surface area contributed by atoms with Crippen LogP contribution < -0.4 is 10.1 Å². The number of para-hydroxylation sites is 1. The van der Waals surface area contributed by atoms with Crippen molar-refractivity contribution in [3.8, 4) is 5.75 Å². The van der Waals surface area contributed by atoms with E-state index in [1.807, 2.05) is 30.0 Å². The third kappa shape index (κ3) is 3.71. The first-order valence-electron chi connectivity index (χ1n) is 8.92. The van der Waals surface area contributed by atoms with Crippen molar-refractivity contribution in [2.24, 2.45) is 0 Å². The minimum absolute atomic E-state index is 0.0302. The van der Waals surface area contributed by atoms with Crippen LogP contribution in [-0.4, -0.2) is 53.2 Å². The van der Waals surface area contributed by atoms with E-state index in [2.05, 4.69) is 10.4 Å². The van der Waals surface area contributed by atoms with Gasteiger partial charge in [0.2, 0.25) is 0 Å². The predicted octanol–water partition coefficient (Wildman–Crippen LogP) is 2.12. The zero-order valence-corrected chi connectivity index (χ0v) is 15.1. The van der Waals surface area contributed by atoms with Crippen molar-refractivity contribution in [3.05, 3.63) is 47.8 Å². The van der Waals surface area contributed by atoms with Crippen LogP contribution in [0, 0.1) is 0 Å². The minimum Gasteiger partial charge on any atom is -0.493 e. The zero-order valence-electron chi connectivity index (χ0n) is 15.1. The highest BCUT2D eigenvalue weighted by molar-refractivity contribution is 5.97. The molecule has 1 fully saturated rings. The molecule has 0 bridgehead atoms. The number of aromatic nitrogens is 2. The van der Waals surface area contributed by atoms with Crippen molar-refractivity contribution in [1.82, 2.24) is 20.0 Å². The van der Waals surface area contributed by atoms with Crippen LogP contribution in [0.1, 0.15) is 46.7 Å². The standard InChI is InChI=1S/C19H24N4O3/c1-3-26-17-9-5-4-8-15(17)19(25)22-11-6-7-14(13-22)23-12-10-16(21-23)18(24)20-2/h4-5,8-10,12,14H,3,6-7,11,13H2,1-2H3,(H,20,24)/t14-/m0/s1. The summed E-state index contributed by atoms with van der Waals surface area (Å²) in [6.45, 7) is 3.69. The van der Waals surface area contributed by atoms with Gasteiger partial charge >= 0.3 is 0 Å². The number of carbonyl (C=O) groups excluding carboxylic acids is 2. The molecule has 0 saturated carbocycles. The van der Waals surface area contributed by atoms with Crippen molar-refractivity contribution in [2.45, 2.75) is 25.8 Å². The van der Waals surface area contributed by atoms with Crippen LogP contribution in [0.2, 0.25) is 0 Å².